The van der Waals surface area contributed by atoms with Crippen molar-refractivity contribution < 1.29 is 23.5 Å². The third kappa shape index (κ3) is 5.42. The number of halogens is 1. The number of rotatable bonds is 7. The number of nitrogens with one attached hydrogen (secondary N) is 1. The van der Waals surface area contributed by atoms with Crippen LogP contribution >= 0.6 is 11.3 Å². The lowest BCUT2D eigenvalue weighted by Crippen LogP contribution is -2.39. The van der Waals surface area contributed by atoms with Gasteiger partial charge in [0.15, 0.2) is 0 Å². The highest BCUT2D eigenvalue weighted by Crippen LogP contribution is 2.37. The number of hydrogen-bond donors (Lipinski definition) is 1. The molecule has 1 saturated heterocycles. The first-order valence-corrected chi connectivity index (χ1v) is 13.0. The Balaban J connectivity index is 1.29. The van der Waals surface area contributed by atoms with Crippen LogP contribution in [0, 0.1) is 5.82 Å². The van der Waals surface area contributed by atoms with Crippen molar-refractivity contribution in [2.24, 2.45) is 0 Å². The molecule has 3 heterocycles. The SMILES string of the molecule is CC(=O)N1CCc2ccc(OCc3nc(C(=O)NCC4CCCO4)cs3)cc2C1c1cccc(F)c1. The van der Waals surface area contributed by atoms with E-state index in [1.165, 1.54) is 30.4 Å². The first kappa shape index (κ1) is 24.4. The molecule has 3 aromatic rings. The van der Waals surface area contributed by atoms with Crippen LogP contribution in [0.1, 0.15) is 58.0 Å². The van der Waals surface area contributed by atoms with Crippen molar-refractivity contribution in [3.63, 3.8) is 0 Å². The average molecular weight is 510 g/mol. The maximum absolute atomic E-state index is 14.0. The number of carbonyl (C=O) groups excluding carboxylic acids is 2. The van der Waals surface area contributed by atoms with Gasteiger partial charge in [-0.25, -0.2) is 9.37 Å². The second-order valence-corrected chi connectivity index (χ2v) is 9.98. The number of benzene rings is 2. The van der Waals surface area contributed by atoms with Gasteiger partial charge in [0.1, 0.15) is 28.9 Å². The summed E-state index contributed by atoms with van der Waals surface area (Å²) >= 11 is 1.36. The van der Waals surface area contributed by atoms with E-state index < -0.39 is 0 Å². The molecule has 1 fully saturated rings. The number of aromatic nitrogens is 1. The lowest BCUT2D eigenvalue weighted by atomic mass is 9.88. The Morgan fingerprint density at radius 2 is 2.17 bits per heavy atom. The molecule has 0 saturated carbocycles. The van der Waals surface area contributed by atoms with Crippen molar-refractivity contribution in [1.82, 2.24) is 15.2 Å². The fraction of sp³-hybridized carbons (Fsp3) is 0.370. The quantitative estimate of drug-likeness (QED) is 0.515. The molecule has 2 atom stereocenters. The molecule has 2 unspecified atom stereocenters. The zero-order chi connectivity index (χ0) is 25.1. The van der Waals surface area contributed by atoms with Gasteiger partial charge in [-0.1, -0.05) is 18.2 Å². The maximum atomic E-state index is 14.0. The van der Waals surface area contributed by atoms with Gasteiger partial charge in [0.05, 0.1) is 12.1 Å². The van der Waals surface area contributed by atoms with E-state index in [1.54, 1.807) is 16.3 Å². The van der Waals surface area contributed by atoms with Crippen molar-refractivity contribution >= 4 is 23.2 Å². The Hall–Kier alpha value is -3.30. The molecule has 9 heteroatoms. The van der Waals surface area contributed by atoms with Gasteiger partial charge in [-0.3, -0.25) is 9.59 Å². The Kier molecular flexibility index (Phi) is 7.29. The summed E-state index contributed by atoms with van der Waals surface area (Å²) in [4.78, 5) is 31.0. The zero-order valence-electron chi connectivity index (χ0n) is 20.0. The molecule has 0 spiro atoms. The molecular formula is C27H28FN3O4S. The molecule has 0 aliphatic carbocycles. The third-order valence-electron chi connectivity index (χ3n) is 6.58. The minimum atomic E-state index is -0.385. The summed E-state index contributed by atoms with van der Waals surface area (Å²) in [5, 5.41) is 5.29. The highest BCUT2D eigenvalue weighted by atomic mass is 32.1. The molecule has 5 rings (SSSR count). The van der Waals surface area contributed by atoms with E-state index in [2.05, 4.69) is 10.3 Å². The van der Waals surface area contributed by atoms with E-state index in [0.717, 1.165) is 42.6 Å². The minimum Gasteiger partial charge on any atom is -0.486 e. The van der Waals surface area contributed by atoms with Gasteiger partial charge in [-0.15, -0.1) is 11.3 Å². The lowest BCUT2D eigenvalue weighted by molar-refractivity contribution is -0.130. The van der Waals surface area contributed by atoms with E-state index in [9.17, 15) is 14.0 Å². The van der Waals surface area contributed by atoms with Crippen LogP contribution < -0.4 is 10.1 Å². The van der Waals surface area contributed by atoms with Gasteiger partial charge in [-0.05, 0) is 60.2 Å². The number of hydrogen-bond acceptors (Lipinski definition) is 6. The molecule has 0 bridgehead atoms. The Bertz CT molecular complexity index is 1260. The summed E-state index contributed by atoms with van der Waals surface area (Å²) in [6, 6.07) is 11.8. The fourth-order valence-corrected chi connectivity index (χ4v) is 5.47. The van der Waals surface area contributed by atoms with Crippen molar-refractivity contribution in [2.45, 2.75) is 44.9 Å². The first-order valence-electron chi connectivity index (χ1n) is 12.1. The Labute approximate surface area is 213 Å². The normalized spacial score (nSPS) is 19.1. The van der Waals surface area contributed by atoms with Crippen LogP contribution in [0.3, 0.4) is 0 Å². The highest BCUT2D eigenvalue weighted by Gasteiger charge is 2.31. The van der Waals surface area contributed by atoms with E-state index in [4.69, 9.17) is 9.47 Å². The van der Waals surface area contributed by atoms with Crippen molar-refractivity contribution in [3.8, 4) is 5.75 Å². The smallest absolute Gasteiger partial charge is 0.270 e. The number of carbonyl (C=O) groups is 2. The number of ether oxygens (including phenoxy) is 2. The molecule has 2 aliphatic rings. The van der Waals surface area contributed by atoms with Crippen LogP contribution in [0.15, 0.2) is 47.8 Å². The minimum absolute atomic E-state index is 0.0608. The maximum Gasteiger partial charge on any atom is 0.270 e. The van der Waals surface area contributed by atoms with Gasteiger partial charge in [0, 0.05) is 32.0 Å². The largest absolute Gasteiger partial charge is 0.486 e. The summed E-state index contributed by atoms with van der Waals surface area (Å²) < 4.78 is 25.6. The monoisotopic (exact) mass is 509 g/mol. The lowest BCUT2D eigenvalue weighted by Gasteiger charge is -2.37. The molecule has 2 aromatic carbocycles. The van der Waals surface area contributed by atoms with Gasteiger partial charge in [0.25, 0.3) is 5.91 Å². The van der Waals surface area contributed by atoms with Crippen molar-refractivity contribution in [1.29, 1.82) is 0 Å². The van der Waals surface area contributed by atoms with Crippen molar-refractivity contribution in [2.75, 3.05) is 19.7 Å². The fourth-order valence-electron chi connectivity index (χ4n) is 4.79. The highest BCUT2D eigenvalue weighted by molar-refractivity contribution is 7.09. The predicted molar refractivity (Wildman–Crippen MR) is 134 cm³/mol. The average Bonchev–Trinajstić information content (AvgIpc) is 3.57. The van der Waals surface area contributed by atoms with Gasteiger partial charge in [-0.2, -0.15) is 0 Å². The van der Waals surface area contributed by atoms with Crippen LogP contribution in [0.4, 0.5) is 4.39 Å². The first-order chi connectivity index (χ1) is 17.5. The standard InChI is InChI=1S/C27H28FN3O4S/c1-17(32)31-10-9-18-7-8-21(13-23(18)26(31)19-4-2-5-20(28)12-19)35-15-25-30-24(16-36-25)27(33)29-14-22-6-3-11-34-22/h2,4-5,7-8,12-13,16,22,26H,3,6,9-11,14-15H2,1H3,(H,29,33). The van der Waals surface area contributed by atoms with Crippen molar-refractivity contribution in [3.05, 3.63) is 81.1 Å². The van der Waals surface area contributed by atoms with Crippen LogP contribution in [0.25, 0.3) is 0 Å². The molecule has 1 N–H and O–H groups in total. The molecule has 7 nitrogen and oxygen atoms in total. The van der Waals surface area contributed by atoms with Gasteiger partial charge < -0.3 is 19.7 Å². The third-order valence-corrected chi connectivity index (χ3v) is 7.40. The van der Waals surface area contributed by atoms with E-state index in [1.807, 2.05) is 24.3 Å². The van der Waals surface area contributed by atoms with Gasteiger partial charge in [0.2, 0.25) is 5.91 Å². The zero-order valence-corrected chi connectivity index (χ0v) is 20.9. The van der Waals surface area contributed by atoms with E-state index >= 15 is 0 Å². The van der Waals surface area contributed by atoms with E-state index in [-0.39, 0.29) is 36.4 Å². The Morgan fingerprint density at radius 1 is 1.28 bits per heavy atom. The summed E-state index contributed by atoms with van der Waals surface area (Å²) in [7, 11) is 0. The summed E-state index contributed by atoms with van der Waals surface area (Å²) in [6.45, 7) is 3.55. The number of nitrogens with zero attached hydrogens (tertiary/aromatic N) is 2. The van der Waals surface area contributed by atoms with Crippen LogP contribution in [-0.4, -0.2) is 47.5 Å². The molecule has 0 radical (unpaired) electrons. The van der Waals surface area contributed by atoms with Gasteiger partial charge >= 0.3 is 0 Å². The predicted octanol–water partition coefficient (Wildman–Crippen LogP) is 4.26. The number of thiazole rings is 1. The second kappa shape index (κ2) is 10.8. The summed E-state index contributed by atoms with van der Waals surface area (Å²) in [6.07, 6.45) is 2.78. The molecule has 1 aromatic heterocycles. The summed E-state index contributed by atoms with van der Waals surface area (Å²) in [5.74, 6) is 0.00778. The van der Waals surface area contributed by atoms with Crippen LogP contribution in [0.2, 0.25) is 0 Å². The molecule has 36 heavy (non-hydrogen) atoms. The molecule has 2 amide bonds. The number of fused-ring (bicyclic) bond motifs is 1. The second-order valence-electron chi connectivity index (χ2n) is 9.04. The van der Waals surface area contributed by atoms with E-state index in [0.29, 0.717) is 29.5 Å². The molecular weight excluding hydrogens is 481 g/mol. The van der Waals surface area contributed by atoms with Crippen LogP contribution in [-0.2, 0) is 22.6 Å². The topological polar surface area (TPSA) is 80.8 Å². The number of amides is 2. The molecule has 2 aliphatic heterocycles. The Morgan fingerprint density at radius 3 is 2.94 bits per heavy atom. The summed E-state index contributed by atoms with van der Waals surface area (Å²) in [5.41, 5.74) is 3.12. The van der Waals surface area contributed by atoms with Crippen LogP contribution in [0.5, 0.6) is 5.75 Å². The molecule has 188 valence electrons.